The molecule has 0 spiro atoms. The minimum absolute atomic E-state index is 0.355. The smallest absolute Gasteiger partial charge is 0.133 e. The summed E-state index contributed by atoms with van der Waals surface area (Å²) in [7, 11) is 0. The van der Waals surface area contributed by atoms with E-state index in [9.17, 15) is 0 Å². The van der Waals surface area contributed by atoms with Crippen LogP contribution in [0.3, 0.4) is 0 Å². The number of nitrogen functional groups attached to an aromatic ring is 1. The van der Waals surface area contributed by atoms with Gasteiger partial charge in [-0.3, -0.25) is 0 Å². The molecule has 0 amide bonds. The Kier molecular flexibility index (Phi) is 2.84. The van der Waals surface area contributed by atoms with E-state index in [1.165, 1.54) is 12.8 Å². The second-order valence-electron chi connectivity index (χ2n) is 5.68. The number of nitrogens with two attached hydrogens (primary N) is 1. The van der Waals surface area contributed by atoms with Crippen LogP contribution < -0.4 is 5.73 Å². The summed E-state index contributed by atoms with van der Waals surface area (Å²) in [5.41, 5.74) is 8.21. The third-order valence-corrected chi connectivity index (χ3v) is 3.96. The summed E-state index contributed by atoms with van der Waals surface area (Å²) in [5, 5.41) is 0. The van der Waals surface area contributed by atoms with Crippen molar-refractivity contribution in [3.8, 4) is 11.4 Å². The molecule has 2 N–H and O–H groups in total. The van der Waals surface area contributed by atoms with Gasteiger partial charge in [-0.2, -0.15) is 0 Å². The van der Waals surface area contributed by atoms with Gasteiger partial charge in [0.2, 0.25) is 0 Å². The van der Waals surface area contributed by atoms with E-state index in [1.54, 1.807) is 0 Å². The van der Waals surface area contributed by atoms with E-state index in [2.05, 4.69) is 34.9 Å². The van der Waals surface area contributed by atoms with Crippen molar-refractivity contribution in [2.24, 2.45) is 0 Å². The maximum Gasteiger partial charge on any atom is 0.133 e. The van der Waals surface area contributed by atoms with Crippen molar-refractivity contribution in [2.45, 2.75) is 52.1 Å². The quantitative estimate of drug-likeness (QED) is 0.902. The molecule has 102 valence electrons. The van der Waals surface area contributed by atoms with Crippen molar-refractivity contribution in [1.82, 2.24) is 19.1 Å². The van der Waals surface area contributed by atoms with E-state index < -0.39 is 0 Å². The zero-order chi connectivity index (χ0) is 13.6. The van der Waals surface area contributed by atoms with Crippen LogP contribution in [0.25, 0.3) is 11.4 Å². The molecular weight excluding hydrogens is 238 g/mol. The van der Waals surface area contributed by atoms with Crippen molar-refractivity contribution >= 4 is 5.82 Å². The Hall–Kier alpha value is -1.78. The highest BCUT2D eigenvalue weighted by Crippen LogP contribution is 2.34. The highest BCUT2D eigenvalue weighted by atomic mass is 15.2. The van der Waals surface area contributed by atoms with Crippen LogP contribution in [0, 0.1) is 0 Å². The third kappa shape index (κ3) is 1.84. The topological polar surface area (TPSA) is 61.7 Å². The number of aromatic nitrogens is 4. The van der Waals surface area contributed by atoms with Crippen molar-refractivity contribution in [3.05, 3.63) is 18.3 Å². The van der Waals surface area contributed by atoms with E-state index in [0.717, 1.165) is 29.6 Å². The van der Waals surface area contributed by atoms with Gasteiger partial charge in [0.05, 0.1) is 18.2 Å². The average molecular weight is 259 g/mol. The predicted octanol–water partition coefficient (Wildman–Crippen LogP) is 2.81. The number of fused-ring (bicyclic) bond motifs is 1. The Morgan fingerprint density at radius 1 is 1.42 bits per heavy atom. The molecule has 1 aliphatic heterocycles. The lowest BCUT2D eigenvalue weighted by Crippen LogP contribution is -2.15. The van der Waals surface area contributed by atoms with E-state index >= 15 is 0 Å². The SMILES string of the molecule is CC1CCCn2c1nc(-c1cncn1C(C)C)c2N. The maximum absolute atomic E-state index is 6.31. The fraction of sp³-hybridized carbons (Fsp3) is 0.571. The zero-order valence-corrected chi connectivity index (χ0v) is 11.8. The van der Waals surface area contributed by atoms with Crippen molar-refractivity contribution < 1.29 is 0 Å². The van der Waals surface area contributed by atoms with Gasteiger partial charge >= 0.3 is 0 Å². The first-order chi connectivity index (χ1) is 9.09. The van der Waals surface area contributed by atoms with Gasteiger partial charge in [0.15, 0.2) is 0 Å². The number of imidazole rings is 2. The van der Waals surface area contributed by atoms with Gasteiger partial charge in [-0.25, -0.2) is 9.97 Å². The van der Waals surface area contributed by atoms with E-state index in [1.807, 2.05) is 12.5 Å². The zero-order valence-electron chi connectivity index (χ0n) is 11.8. The molecule has 3 heterocycles. The molecule has 0 aliphatic carbocycles. The predicted molar refractivity (Wildman–Crippen MR) is 75.9 cm³/mol. The van der Waals surface area contributed by atoms with Gasteiger partial charge in [-0.1, -0.05) is 6.92 Å². The van der Waals surface area contributed by atoms with Gasteiger partial charge in [0.1, 0.15) is 17.3 Å². The first-order valence-corrected chi connectivity index (χ1v) is 6.97. The molecule has 0 aromatic carbocycles. The first-order valence-electron chi connectivity index (χ1n) is 6.97. The maximum atomic E-state index is 6.31. The number of hydrogen-bond acceptors (Lipinski definition) is 3. The molecule has 19 heavy (non-hydrogen) atoms. The van der Waals surface area contributed by atoms with Crippen LogP contribution >= 0.6 is 0 Å². The highest BCUT2D eigenvalue weighted by molar-refractivity contribution is 5.68. The molecule has 0 bridgehead atoms. The van der Waals surface area contributed by atoms with Crippen LogP contribution in [0.4, 0.5) is 5.82 Å². The fourth-order valence-corrected chi connectivity index (χ4v) is 2.87. The lowest BCUT2D eigenvalue weighted by Gasteiger charge is -2.20. The summed E-state index contributed by atoms with van der Waals surface area (Å²) in [6.45, 7) is 7.48. The Bertz CT molecular complexity index is 593. The first kappa shape index (κ1) is 12.3. The lowest BCUT2D eigenvalue weighted by atomic mass is 10.0. The molecule has 1 atom stereocenters. The normalized spacial score (nSPS) is 18.8. The van der Waals surface area contributed by atoms with E-state index in [0.29, 0.717) is 12.0 Å². The number of anilines is 1. The standard InChI is InChI=1S/C14H21N5/c1-9(2)19-8-16-7-11(19)12-13(15)18-6-4-5-10(3)14(18)17-12/h7-10H,4-6,15H2,1-3H3. The highest BCUT2D eigenvalue weighted by Gasteiger charge is 2.25. The van der Waals surface area contributed by atoms with Crippen LogP contribution in [0.5, 0.6) is 0 Å². The Labute approximate surface area is 113 Å². The molecule has 0 radical (unpaired) electrons. The number of nitrogens with zero attached hydrogens (tertiary/aromatic N) is 4. The molecule has 1 unspecified atom stereocenters. The van der Waals surface area contributed by atoms with Crippen LogP contribution in [0.15, 0.2) is 12.5 Å². The Balaban J connectivity index is 2.13. The van der Waals surface area contributed by atoms with E-state index in [-0.39, 0.29) is 0 Å². The minimum Gasteiger partial charge on any atom is -0.383 e. The number of hydrogen-bond donors (Lipinski definition) is 1. The molecule has 2 aromatic rings. The van der Waals surface area contributed by atoms with Crippen LogP contribution in [-0.4, -0.2) is 19.1 Å². The Morgan fingerprint density at radius 2 is 2.21 bits per heavy atom. The van der Waals surface area contributed by atoms with Crippen LogP contribution in [0.2, 0.25) is 0 Å². The van der Waals surface area contributed by atoms with Gasteiger partial charge in [-0.05, 0) is 26.7 Å². The molecule has 0 fully saturated rings. The van der Waals surface area contributed by atoms with Crippen molar-refractivity contribution in [1.29, 1.82) is 0 Å². The minimum atomic E-state index is 0.355. The van der Waals surface area contributed by atoms with Crippen LogP contribution in [-0.2, 0) is 6.54 Å². The molecule has 3 rings (SSSR count). The van der Waals surface area contributed by atoms with Gasteiger partial charge in [0.25, 0.3) is 0 Å². The summed E-state index contributed by atoms with van der Waals surface area (Å²) >= 11 is 0. The second kappa shape index (κ2) is 4.40. The summed E-state index contributed by atoms with van der Waals surface area (Å²) in [6.07, 6.45) is 6.08. The largest absolute Gasteiger partial charge is 0.383 e. The summed E-state index contributed by atoms with van der Waals surface area (Å²) in [6, 6.07) is 0.355. The third-order valence-electron chi connectivity index (χ3n) is 3.96. The van der Waals surface area contributed by atoms with Crippen LogP contribution in [0.1, 0.15) is 51.4 Å². The molecule has 5 heteroatoms. The lowest BCUT2D eigenvalue weighted by molar-refractivity contribution is 0.467. The second-order valence-corrected chi connectivity index (χ2v) is 5.68. The average Bonchev–Trinajstić information content (AvgIpc) is 2.95. The molecule has 0 saturated heterocycles. The Morgan fingerprint density at radius 3 is 2.89 bits per heavy atom. The molecule has 0 saturated carbocycles. The summed E-state index contributed by atoms with van der Waals surface area (Å²) in [4.78, 5) is 9.04. The summed E-state index contributed by atoms with van der Waals surface area (Å²) < 4.78 is 4.29. The summed E-state index contributed by atoms with van der Waals surface area (Å²) in [5.74, 6) is 2.39. The van der Waals surface area contributed by atoms with Crippen molar-refractivity contribution in [3.63, 3.8) is 0 Å². The molecule has 5 nitrogen and oxygen atoms in total. The van der Waals surface area contributed by atoms with Gasteiger partial charge in [-0.15, -0.1) is 0 Å². The number of rotatable bonds is 2. The monoisotopic (exact) mass is 259 g/mol. The molecule has 2 aromatic heterocycles. The molecule has 1 aliphatic rings. The van der Waals surface area contributed by atoms with Gasteiger partial charge in [0, 0.05) is 18.5 Å². The fourth-order valence-electron chi connectivity index (χ4n) is 2.87. The van der Waals surface area contributed by atoms with E-state index in [4.69, 9.17) is 10.7 Å². The molecular formula is C14H21N5. The van der Waals surface area contributed by atoms with Crippen molar-refractivity contribution in [2.75, 3.05) is 5.73 Å². The van der Waals surface area contributed by atoms with Gasteiger partial charge < -0.3 is 14.9 Å².